The number of benzene rings is 2. The molecule has 0 bridgehead atoms. The Labute approximate surface area is 154 Å². The molecule has 2 aromatic carbocycles. The van der Waals surface area contributed by atoms with Crippen LogP contribution in [0, 0.1) is 12.7 Å². The van der Waals surface area contributed by atoms with Gasteiger partial charge in [-0.1, -0.05) is 46.6 Å². The topological polar surface area (TPSA) is 59.2 Å². The van der Waals surface area contributed by atoms with Crippen molar-refractivity contribution >= 4 is 23.2 Å². The van der Waals surface area contributed by atoms with Gasteiger partial charge in [-0.2, -0.15) is 4.98 Å². The van der Waals surface area contributed by atoms with Crippen molar-refractivity contribution in [3.05, 3.63) is 64.8 Å². The molecule has 1 unspecified atom stereocenters. The van der Waals surface area contributed by atoms with Crippen molar-refractivity contribution in [2.75, 3.05) is 11.4 Å². The van der Waals surface area contributed by atoms with Crippen LogP contribution in [0.4, 0.5) is 10.1 Å². The highest BCUT2D eigenvalue weighted by atomic mass is 35.5. The molecule has 0 aliphatic carbocycles. The lowest BCUT2D eigenvalue weighted by molar-refractivity contribution is -0.117. The number of rotatable bonds is 3. The van der Waals surface area contributed by atoms with E-state index in [9.17, 15) is 9.18 Å². The summed E-state index contributed by atoms with van der Waals surface area (Å²) in [5.74, 6) is -0.133. The minimum atomic E-state index is -0.491. The van der Waals surface area contributed by atoms with Gasteiger partial charge in [0.2, 0.25) is 17.6 Å². The zero-order valence-electron chi connectivity index (χ0n) is 13.9. The van der Waals surface area contributed by atoms with Gasteiger partial charge in [-0.15, -0.1) is 0 Å². The van der Waals surface area contributed by atoms with Crippen LogP contribution < -0.4 is 4.90 Å². The number of hydrogen-bond acceptors (Lipinski definition) is 4. The zero-order valence-corrected chi connectivity index (χ0v) is 14.7. The largest absolute Gasteiger partial charge is 0.339 e. The minimum absolute atomic E-state index is 0.170. The Morgan fingerprint density at radius 1 is 1.23 bits per heavy atom. The molecule has 26 heavy (non-hydrogen) atoms. The van der Waals surface area contributed by atoms with Crippen LogP contribution in [0.5, 0.6) is 0 Å². The first-order chi connectivity index (χ1) is 12.5. The molecule has 0 spiro atoms. The average molecular weight is 372 g/mol. The summed E-state index contributed by atoms with van der Waals surface area (Å²) in [5, 5.41) is 4.38. The molecule has 1 amide bonds. The first kappa shape index (κ1) is 16.7. The third-order valence-electron chi connectivity index (χ3n) is 4.42. The molecule has 1 saturated heterocycles. The van der Waals surface area contributed by atoms with Crippen LogP contribution in [0.2, 0.25) is 5.02 Å². The molecule has 1 aliphatic heterocycles. The molecule has 0 saturated carbocycles. The van der Waals surface area contributed by atoms with Gasteiger partial charge in [-0.25, -0.2) is 4.39 Å². The lowest BCUT2D eigenvalue weighted by atomic mass is 10.1. The van der Waals surface area contributed by atoms with E-state index in [2.05, 4.69) is 10.1 Å². The van der Waals surface area contributed by atoms with E-state index in [4.69, 9.17) is 16.1 Å². The second-order valence-electron chi connectivity index (χ2n) is 6.32. The number of halogens is 2. The second-order valence-corrected chi connectivity index (χ2v) is 6.76. The molecule has 5 nitrogen and oxygen atoms in total. The normalized spacial score (nSPS) is 17.1. The Morgan fingerprint density at radius 2 is 2.00 bits per heavy atom. The highest BCUT2D eigenvalue weighted by molar-refractivity contribution is 6.31. The smallest absolute Gasteiger partial charge is 0.232 e. The van der Waals surface area contributed by atoms with Crippen LogP contribution in [-0.2, 0) is 4.79 Å². The molecular formula is C19H15ClFN3O2. The van der Waals surface area contributed by atoms with Crippen LogP contribution in [0.1, 0.15) is 23.8 Å². The average Bonchev–Trinajstić information content (AvgIpc) is 3.25. The molecule has 0 radical (unpaired) electrons. The Balaban J connectivity index is 1.58. The highest BCUT2D eigenvalue weighted by Crippen LogP contribution is 2.34. The Morgan fingerprint density at radius 3 is 2.77 bits per heavy atom. The number of nitrogens with zero attached hydrogens (tertiary/aromatic N) is 3. The fraction of sp³-hybridized carbons (Fsp3) is 0.211. The van der Waals surface area contributed by atoms with Gasteiger partial charge in [0.1, 0.15) is 5.82 Å². The molecule has 0 N–H and O–H groups in total. The van der Waals surface area contributed by atoms with Crippen LogP contribution in [-0.4, -0.2) is 22.6 Å². The van der Waals surface area contributed by atoms with Crippen molar-refractivity contribution in [2.24, 2.45) is 0 Å². The number of anilines is 1. The molecule has 1 atom stereocenters. The van der Waals surface area contributed by atoms with Crippen molar-refractivity contribution in [1.29, 1.82) is 0 Å². The van der Waals surface area contributed by atoms with E-state index in [0.29, 0.717) is 16.7 Å². The van der Waals surface area contributed by atoms with E-state index in [1.165, 1.54) is 23.1 Å². The maximum Gasteiger partial charge on any atom is 0.232 e. The van der Waals surface area contributed by atoms with E-state index in [0.717, 1.165) is 11.1 Å². The number of amides is 1. The molecule has 1 aliphatic rings. The molecule has 4 rings (SSSR count). The predicted molar refractivity (Wildman–Crippen MR) is 95.6 cm³/mol. The first-order valence-electron chi connectivity index (χ1n) is 8.17. The van der Waals surface area contributed by atoms with Crippen molar-refractivity contribution in [3.8, 4) is 11.4 Å². The first-order valence-corrected chi connectivity index (χ1v) is 8.55. The van der Waals surface area contributed by atoms with Gasteiger partial charge < -0.3 is 9.42 Å². The fourth-order valence-corrected chi connectivity index (χ4v) is 3.19. The van der Waals surface area contributed by atoms with Crippen molar-refractivity contribution in [3.63, 3.8) is 0 Å². The molecule has 1 fully saturated rings. The Bertz CT molecular complexity index is 971. The van der Waals surface area contributed by atoms with E-state index < -0.39 is 5.82 Å². The van der Waals surface area contributed by atoms with Gasteiger partial charge in [-0.3, -0.25) is 4.79 Å². The van der Waals surface area contributed by atoms with E-state index in [1.54, 1.807) is 0 Å². The summed E-state index contributed by atoms with van der Waals surface area (Å²) < 4.78 is 19.4. The minimum Gasteiger partial charge on any atom is -0.339 e. The summed E-state index contributed by atoms with van der Waals surface area (Å²) >= 11 is 5.93. The second kappa shape index (κ2) is 6.53. The molecule has 1 aromatic heterocycles. The molecule has 2 heterocycles. The van der Waals surface area contributed by atoms with Crippen molar-refractivity contribution < 1.29 is 13.7 Å². The number of carbonyl (C=O) groups excluding carboxylic acids is 1. The van der Waals surface area contributed by atoms with Gasteiger partial charge in [0.15, 0.2) is 0 Å². The van der Waals surface area contributed by atoms with E-state index >= 15 is 0 Å². The summed E-state index contributed by atoms with van der Waals surface area (Å²) in [6.07, 6.45) is 0.182. The standard InChI is InChI=1S/C19H15ClFN3O2/c1-11-2-4-12(5-3-11)18-22-19(26-23-18)13-8-17(25)24(10-13)16-9-14(20)6-7-15(16)21/h2-7,9,13H,8,10H2,1H3. The zero-order chi connectivity index (χ0) is 18.3. The van der Waals surface area contributed by atoms with Crippen molar-refractivity contribution in [2.45, 2.75) is 19.3 Å². The number of aromatic nitrogens is 2. The third kappa shape index (κ3) is 3.08. The lowest BCUT2D eigenvalue weighted by Gasteiger charge is -2.17. The SMILES string of the molecule is Cc1ccc(-c2noc(C3CC(=O)N(c4cc(Cl)ccc4F)C3)n2)cc1. The number of aryl methyl sites for hydroxylation is 1. The number of carbonyl (C=O) groups is 1. The van der Waals surface area contributed by atoms with Crippen LogP contribution in [0.15, 0.2) is 47.0 Å². The van der Waals surface area contributed by atoms with E-state index in [1.807, 2.05) is 31.2 Å². The highest BCUT2D eigenvalue weighted by Gasteiger charge is 2.36. The third-order valence-corrected chi connectivity index (χ3v) is 4.66. The van der Waals surface area contributed by atoms with Crippen LogP contribution in [0.3, 0.4) is 0 Å². The molecule has 7 heteroatoms. The van der Waals surface area contributed by atoms with Crippen LogP contribution in [0.25, 0.3) is 11.4 Å². The van der Waals surface area contributed by atoms with Crippen LogP contribution >= 0.6 is 11.6 Å². The number of hydrogen-bond donors (Lipinski definition) is 0. The summed E-state index contributed by atoms with van der Waals surface area (Å²) in [4.78, 5) is 18.2. The van der Waals surface area contributed by atoms with Gasteiger partial charge in [0.25, 0.3) is 0 Å². The van der Waals surface area contributed by atoms with Gasteiger partial charge in [-0.05, 0) is 25.1 Å². The Kier molecular flexibility index (Phi) is 4.20. The maximum absolute atomic E-state index is 14.1. The summed E-state index contributed by atoms with van der Waals surface area (Å²) in [5.41, 5.74) is 2.15. The lowest BCUT2D eigenvalue weighted by Crippen LogP contribution is -2.25. The Hall–Kier alpha value is -2.73. The maximum atomic E-state index is 14.1. The summed E-state index contributed by atoms with van der Waals surface area (Å²) in [7, 11) is 0. The van der Waals surface area contributed by atoms with Gasteiger partial charge in [0, 0.05) is 23.6 Å². The fourth-order valence-electron chi connectivity index (χ4n) is 3.02. The molecule has 132 valence electrons. The van der Waals surface area contributed by atoms with E-state index in [-0.39, 0.29) is 30.5 Å². The van der Waals surface area contributed by atoms with Crippen molar-refractivity contribution in [1.82, 2.24) is 10.1 Å². The monoisotopic (exact) mass is 371 g/mol. The molecule has 3 aromatic rings. The van der Waals surface area contributed by atoms with Gasteiger partial charge in [0.05, 0.1) is 11.6 Å². The summed E-state index contributed by atoms with van der Waals surface area (Å²) in [6, 6.07) is 11.9. The summed E-state index contributed by atoms with van der Waals surface area (Å²) in [6.45, 7) is 2.27. The quantitative estimate of drug-likeness (QED) is 0.686. The molecular weight excluding hydrogens is 357 g/mol. The van der Waals surface area contributed by atoms with Gasteiger partial charge >= 0.3 is 0 Å². The predicted octanol–water partition coefficient (Wildman–Crippen LogP) is 4.36.